The van der Waals surface area contributed by atoms with Crippen LogP contribution in [0, 0.1) is 5.21 Å². The van der Waals surface area contributed by atoms with Gasteiger partial charge in [0.1, 0.15) is 5.69 Å². The number of hydrogen-bond acceptors (Lipinski definition) is 3. The highest BCUT2D eigenvalue weighted by Crippen LogP contribution is 2.36. The van der Waals surface area contributed by atoms with Gasteiger partial charge in [0, 0.05) is 25.4 Å². The van der Waals surface area contributed by atoms with E-state index >= 15 is 0 Å². The van der Waals surface area contributed by atoms with Gasteiger partial charge < -0.3 is 10.3 Å². The van der Waals surface area contributed by atoms with E-state index in [4.69, 9.17) is 23.2 Å². The highest BCUT2D eigenvalue weighted by atomic mass is 35.5. The molecule has 116 valence electrons. The molecule has 0 amide bonds. The van der Waals surface area contributed by atoms with Crippen LogP contribution in [0.15, 0.2) is 28.9 Å². The third kappa shape index (κ3) is 5.21. The Bertz CT molecular complexity index is 554. The van der Waals surface area contributed by atoms with Gasteiger partial charge in [0.05, 0.1) is 10.0 Å². The zero-order chi connectivity index (χ0) is 16.2. The molecule has 0 aliphatic rings. The zero-order valence-electron chi connectivity index (χ0n) is 12.7. The number of halogens is 2. The molecule has 0 heterocycles. The Morgan fingerprint density at radius 1 is 1.33 bits per heavy atom. The van der Waals surface area contributed by atoms with E-state index in [1.165, 1.54) is 17.7 Å². The summed E-state index contributed by atoms with van der Waals surface area (Å²) in [6.07, 6.45) is 3.56. The van der Waals surface area contributed by atoms with Gasteiger partial charge in [-0.2, -0.15) is 0 Å². The molecule has 0 unspecified atom stereocenters. The number of phenols is 1. The van der Waals surface area contributed by atoms with Crippen molar-refractivity contribution in [2.45, 2.75) is 46.1 Å². The summed E-state index contributed by atoms with van der Waals surface area (Å²) in [6, 6.07) is 2.81. The maximum Gasteiger partial charge on any atom is 0.194 e. The molecule has 0 saturated carbocycles. The molecule has 0 atom stereocenters. The summed E-state index contributed by atoms with van der Waals surface area (Å²) >= 11 is 11.6. The minimum absolute atomic E-state index is 0.0667. The maximum absolute atomic E-state index is 12.2. The lowest BCUT2D eigenvalue weighted by Crippen LogP contribution is -2.31. The fourth-order valence-corrected chi connectivity index (χ4v) is 2.14. The van der Waals surface area contributed by atoms with Crippen molar-refractivity contribution in [2.24, 2.45) is 5.11 Å². The van der Waals surface area contributed by atoms with E-state index in [1.54, 1.807) is 0 Å². The molecular weight excluding hydrogens is 311 g/mol. The number of nitrogens with zero attached hydrogens (tertiary/aromatic N) is 2. The number of allylic oxidation sites excluding steroid dienone is 2. The molecular formula is C15H20Cl2N2O2. The third-order valence-electron chi connectivity index (χ3n) is 3.03. The molecule has 1 aromatic carbocycles. The van der Waals surface area contributed by atoms with Crippen molar-refractivity contribution in [3.05, 3.63) is 39.0 Å². The van der Waals surface area contributed by atoms with Crippen LogP contribution in [-0.4, -0.2) is 15.5 Å². The number of aromatic hydroxyl groups is 1. The highest BCUT2D eigenvalue weighted by molar-refractivity contribution is 6.37. The van der Waals surface area contributed by atoms with Crippen LogP contribution in [-0.2, 0) is 0 Å². The van der Waals surface area contributed by atoms with Gasteiger partial charge in [-0.1, -0.05) is 39.7 Å². The van der Waals surface area contributed by atoms with Crippen molar-refractivity contribution < 1.29 is 9.97 Å². The SMILES string of the molecule is CC(C)=CCCC(C)(C)[N+]([O-])=Nc1cc(Cl)c(O)c(Cl)c1. The third-order valence-corrected chi connectivity index (χ3v) is 3.61. The summed E-state index contributed by atoms with van der Waals surface area (Å²) in [5.74, 6) is -0.211. The van der Waals surface area contributed by atoms with Gasteiger partial charge in [-0.15, -0.1) is 0 Å². The summed E-state index contributed by atoms with van der Waals surface area (Å²) in [7, 11) is 0. The number of azo groups is 1. The van der Waals surface area contributed by atoms with Crippen LogP contribution in [0.4, 0.5) is 5.69 Å². The standard InChI is InChI=1S/C15H20Cl2N2O2/c1-10(2)6-5-7-15(3,4)19(21)18-11-8-12(16)14(20)13(17)9-11/h6,8-9,20H,5,7H2,1-4H3. The average Bonchev–Trinajstić information content (AvgIpc) is 2.35. The second kappa shape index (κ2) is 7.14. The molecule has 1 N–H and O–H groups in total. The lowest BCUT2D eigenvalue weighted by Gasteiger charge is -2.20. The van der Waals surface area contributed by atoms with Crippen LogP contribution in [0.2, 0.25) is 10.0 Å². The normalized spacial score (nSPS) is 12.4. The van der Waals surface area contributed by atoms with Gasteiger partial charge in [-0.3, -0.25) is 0 Å². The van der Waals surface area contributed by atoms with Crippen molar-refractivity contribution in [1.82, 2.24) is 0 Å². The quantitative estimate of drug-likeness (QED) is 0.320. The predicted molar refractivity (Wildman–Crippen MR) is 86.6 cm³/mol. The second-order valence-corrected chi connectivity index (χ2v) is 6.58. The topological polar surface area (TPSA) is 58.7 Å². The first-order valence-corrected chi connectivity index (χ1v) is 7.39. The van der Waals surface area contributed by atoms with Gasteiger partial charge in [-0.05, 0) is 32.4 Å². The summed E-state index contributed by atoms with van der Waals surface area (Å²) in [4.78, 5) is 0.658. The molecule has 0 spiro atoms. The van der Waals surface area contributed by atoms with Gasteiger partial charge in [-0.25, -0.2) is 0 Å². The molecule has 0 saturated heterocycles. The minimum atomic E-state index is -0.650. The molecule has 1 rings (SSSR count). The first kappa shape index (κ1) is 17.8. The molecule has 0 aromatic heterocycles. The van der Waals surface area contributed by atoms with Crippen LogP contribution in [0.5, 0.6) is 5.75 Å². The lowest BCUT2D eigenvalue weighted by atomic mass is 9.99. The van der Waals surface area contributed by atoms with E-state index in [-0.39, 0.29) is 15.8 Å². The minimum Gasteiger partial charge on any atom is -0.599 e. The van der Waals surface area contributed by atoms with E-state index < -0.39 is 5.54 Å². The first-order chi connectivity index (χ1) is 9.63. The summed E-state index contributed by atoms with van der Waals surface area (Å²) in [6.45, 7) is 7.69. The first-order valence-electron chi connectivity index (χ1n) is 6.64. The second-order valence-electron chi connectivity index (χ2n) is 5.76. The van der Waals surface area contributed by atoms with Crippen LogP contribution in [0.25, 0.3) is 0 Å². The summed E-state index contributed by atoms with van der Waals surface area (Å²) in [5, 5.41) is 25.8. The van der Waals surface area contributed by atoms with Crippen molar-refractivity contribution in [3.63, 3.8) is 0 Å². The average molecular weight is 331 g/mol. The summed E-state index contributed by atoms with van der Waals surface area (Å²) < 4.78 is 0. The monoisotopic (exact) mass is 330 g/mol. The lowest BCUT2D eigenvalue weighted by molar-refractivity contribution is -0.600. The number of hydrogen-bond donors (Lipinski definition) is 1. The smallest absolute Gasteiger partial charge is 0.194 e. The highest BCUT2D eigenvalue weighted by Gasteiger charge is 2.27. The van der Waals surface area contributed by atoms with E-state index in [9.17, 15) is 10.3 Å². The molecule has 0 fully saturated rings. The zero-order valence-corrected chi connectivity index (χ0v) is 14.2. The Morgan fingerprint density at radius 3 is 2.33 bits per heavy atom. The van der Waals surface area contributed by atoms with Crippen LogP contribution in [0.3, 0.4) is 0 Å². The van der Waals surface area contributed by atoms with Crippen molar-refractivity contribution >= 4 is 28.9 Å². The van der Waals surface area contributed by atoms with E-state index in [1.807, 2.05) is 27.7 Å². The molecule has 0 aliphatic heterocycles. The van der Waals surface area contributed by atoms with Gasteiger partial charge in [0.25, 0.3) is 0 Å². The Balaban J connectivity index is 2.95. The van der Waals surface area contributed by atoms with Crippen LogP contribution >= 0.6 is 23.2 Å². The maximum atomic E-state index is 12.2. The Labute approximate surface area is 135 Å². The number of benzene rings is 1. The fourth-order valence-electron chi connectivity index (χ4n) is 1.66. The summed E-state index contributed by atoms with van der Waals surface area (Å²) in [5.41, 5.74) is 0.883. The molecule has 21 heavy (non-hydrogen) atoms. The van der Waals surface area contributed by atoms with E-state index in [2.05, 4.69) is 11.2 Å². The van der Waals surface area contributed by atoms with E-state index in [0.717, 1.165) is 6.42 Å². The molecule has 6 heteroatoms. The van der Waals surface area contributed by atoms with E-state index in [0.29, 0.717) is 17.0 Å². The number of hydroxylamine groups is 1. The number of rotatable bonds is 5. The predicted octanol–water partition coefficient (Wildman–Crippen LogP) is 5.82. The van der Waals surface area contributed by atoms with Crippen molar-refractivity contribution in [3.8, 4) is 5.75 Å². The van der Waals surface area contributed by atoms with Gasteiger partial charge in [0.2, 0.25) is 0 Å². The molecule has 0 bridgehead atoms. The fraction of sp³-hybridized carbons (Fsp3) is 0.467. The molecule has 0 radical (unpaired) electrons. The van der Waals surface area contributed by atoms with Crippen molar-refractivity contribution in [2.75, 3.05) is 0 Å². The molecule has 4 nitrogen and oxygen atoms in total. The Morgan fingerprint density at radius 2 is 1.86 bits per heavy atom. The van der Waals surface area contributed by atoms with Crippen LogP contribution in [0.1, 0.15) is 40.5 Å². The largest absolute Gasteiger partial charge is 0.599 e. The number of phenolic OH excluding ortho intramolecular Hbond substituents is 1. The van der Waals surface area contributed by atoms with Crippen LogP contribution < -0.4 is 0 Å². The Kier molecular flexibility index (Phi) is 6.05. The Hall–Kier alpha value is -1.26. The van der Waals surface area contributed by atoms with Gasteiger partial charge >= 0.3 is 0 Å². The molecule has 0 aliphatic carbocycles. The van der Waals surface area contributed by atoms with Gasteiger partial charge in [0.15, 0.2) is 11.3 Å². The molecule has 1 aromatic rings. The van der Waals surface area contributed by atoms with Crippen molar-refractivity contribution in [1.29, 1.82) is 0 Å².